The van der Waals surface area contributed by atoms with E-state index in [0.717, 1.165) is 22.2 Å². The largest absolute Gasteiger partial charge is 0.495 e. The number of fused-ring (bicyclic) bond motifs is 1. The van der Waals surface area contributed by atoms with Crippen molar-refractivity contribution in [2.75, 3.05) is 7.11 Å². The van der Waals surface area contributed by atoms with E-state index in [9.17, 15) is 5.11 Å². The lowest BCUT2D eigenvalue weighted by Gasteiger charge is -2.04. The van der Waals surface area contributed by atoms with Crippen molar-refractivity contribution in [2.24, 2.45) is 7.05 Å². The van der Waals surface area contributed by atoms with E-state index < -0.39 is 0 Å². The van der Waals surface area contributed by atoms with E-state index >= 15 is 0 Å². The Morgan fingerprint density at radius 1 is 1.47 bits per heavy atom. The van der Waals surface area contributed by atoms with Gasteiger partial charge in [0, 0.05) is 18.0 Å². The molecule has 0 fully saturated rings. The van der Waals surface area contributed by atoms with Crippen molar-refractivity contribution in [1.29, 1.82) is 0 Å². The molecule has 0 saturated carbocycles. The van der Waals surface area contributed by atoms with Crippen molar-refractivity contribution in [3.8, 4) is 5.75 Å². The molecule has 0 saturated heterocycles. The number of aliphatic hydroxyl groups is 1. The highest BCUT2D eigenvalue weighted by Gasteiger charge is 2.15. The maximum atomic E-state index is 9.25. The van der Waals surface area contributed by atoms with Crippen LogP contribution in [-0.4, -0.2) is 16.8 Å². The number of aromatic nitrogens is 1. The molecule has 3 nitrogen and oxygen atoms in total. The zero-order chi connectivity index (χ0) is 11.0. The quantitative estimate of drug-likeness (QED) is 0.851. The van der Waals surface area contributed by atoms with Crippen molar-refractivity contribution in [3.05, 3.63) is 28.9 Å². The van der Waals surface area contributed by atoms with Gasteiger partial charge in [-0.3, -0.25) is 0 Å². The van der Waals surface area contributed by atoms with Gasteiger partial charge in [-0.15, -0.1) is 0 Å². The molecule has 0 aliphatic heterocycles. The van der Waals surface area contributed by atoms with Gasteiger partial charge in [0.15, 0.2) is 0 Å². The molecule has 80 valence electrons. The molecule has 1 aromatic carbocycles. The van der Waals surface area contributed by atoms with Crippen LogP contribution < -0.4 is 4.74 Å². The molecular weight excluding hydrogens is 214 g/mol. The summed E-state index contributed by atoms with van der Waals surface area (Å²) < 4.78 is 7.08. The van der Waals surface area contributed by atoms with E-state index in [-0.39, 0.29) is 6.61 Å². The second kappa shape index (κ2) is 3.76. The van der Waals surface area contributed by atoms with Crippen LogP contribution in [-0.2, 0) is 13.7 Å². The molecule has 0 unspecified atom stereocenters. The minimum atomic E-state index is -0.0661. The monoisotopic (exact) mass is 225 g/mol. The first kappa shape index (κ1) is 10.3. The fourth-order valence-electron chi connectivity index (χ4n) is 1.84. The van der Waals surface area contributed by atoms with Crippen LogP contribution in [0.1, 0.15) is 5.56 Å². The number of halogens is 1. The van der Waals surface area contributed by atoms with Gasteiger partial charge in [-0.2, -0.15) is 0 Å². The number of aryl methyl sites for hydroxylation is 1. The number of ether oxygens (including phenoxy) is 1. The van der Waals surface area contributed by atoms with E-state index in [1.54, 1.807) is 7.11 Å². The normalized spacial score (nSPS) is 10.9. The Bertz CT molecular complexity index is 505. The molecule has 0 bridgehead atoms. The van der Waals surface area contributed by atoms with Crippen molar-refractivity contribution in [1.82, 2.24) is 4.57 Å². The summed E-state index contributed by atoms with van der Waals surface area (Å²) in [7, 11) is 3.47. The predicted octanol–water partition coefficient (Wildman–Crippen LogP) is 2.33. The zero-order valence-corrected chi connectivity index (χ0v) is 9.38. The van der Waals surface area contributed by atoms with Crippen molar-refractivity contribution in [3.63, 3.8) is 0 Å². The second-order valence-electron chi connectivity index (χ2n) is 3.34. The molecule has 2 rings (SSSR count). The Hall–Kier alpha value is -1.19. The topological polar surface area (TPSA) is 34.4 Å². The van der Waals surface area contributed by atoms with Crippen LogP contribution in [0.2, 0.25) is 5.15 Å². The summed E-state index contributed by atoms with van der Waals surface area (Å²) >= 11 is 6.11. The van der Waals surface area contributed by atoms with Gasteiger partial charge >= 0.3 is 0 Å². The molecule has 1 heterocycles. The van der Waals surface area contributed by atoms with E-state index in [2.05, 4.69) is 0 Å². The fraction of sp³-hybridized carbons (Fsp3) is 0.273. The van der Waals surface area contributed by atoms with Crippen LogP contribution in [0.4, 0.5) is 0 Å². The molecular formula is C11H12ClNO2. The van der Waals surface area contributed by atoms with Gasteiger partial charge < -0.3 is 14.4 Å². The second-order valence-corrected chi connectivity index (χ2v) is 3.70. The Kier molecular flexibility index (Phi) is 2.59. The predicted molar refractivity (Wildman–Crippen MR) is 60.4 cm³/mol. The lowest BCUT2D eigenvalue weighted by Crippen LogP contribution is -1.91. The van der Waals surface area contributed by atoms with Crippen LogP contribution >= 0.6 is 11.6 Å². The van der Waals surface area contributed by atoms with Crippen LogP contribution in [0.3, 0.4) is 0 Å². The number of nitrogens with zero attached hydrogens (tertiary/aromatic N) is 1. The third-order valence-corrected chi connectivity index (χ3v) is 3.06. The SMILES string of the molecule is COc1cccc2c(CO)c(Cl)n(C)c12. The molecule has 15 heavy (non-hydrogen) atoms. The first-order chi connectivity index (χ1) is 7.20. The summed E-state index contributed by atoms with van der Waals surface area (Å²) in [5.41, 5.74) is 1.65. The molecule has 1 aromatic heterocycles. The molecule has 0 amide bonds. The van der Waals surface area contributed by atoms with Gasteiger partial charge in [-0.25, -0.2) is 0 Å². The molecule has 0 spiro atoms. The lowest BCUT2D eigenvalue weighted by atomic mass is 10.2. The number of methoxy groups -OCH3 is 1. The van der Waals surface area contributed by atoms with E-state index in [4.69, 9.17) is 16.3 Å². The van der Waals surface area contributed by atoms with Crippen molar-refractivity contribution >= 4 is 22.5 Å². The number of hydrogen-bond donors (Lipinski definition) is 1. The van der Waals surface area contributed by atoms with Gasteiger partial charge in [0.25, 0.3) is 0 Å². The van der Waals surface area contributed by atoms with E-state index in [0.29, 0.717) is 5.15 Å². The highest BCUT2D eigenvalue weighted by molar-refractivity contribution is 6.32. The van der Waals surface area contributed by atoms with Gasteiger partial charge in [0.2, 0.25) is 0 Å². The molecule has 2 aromatic rings. The lowest BCUT2D eigenvalue weighted by molar-refractivity contribution is 0.283. The standard InChI is InChI=1S/C11H12ClNO2/c1-13-10-7(8(6-14)11(13)12)4-3-5-9(10)15-2/h3-5,14H,6H2,1-2H3. The van der Waals surface area contributed by atoms with Crippen LogP contribution in [0.5, 0.6) is 5.75 Å². The van der Waals surface area contributed by atoms with Gasteiger partial charge in [0.1, 0.15) is 10.9 Å². The summed E-state index contributed by atoms with van der Waals surface area (Å²) in [5, 5.41) is 10.7. The number of hydrogen-bond acceptors (Lipinski definition) is 2. The number of para-hydroxylation sites is 1. The average Bonchev–Trinajstić information content (AvgIpc) is 2.51. The smallest absolute Gasteiger partial charge is 0.143 e. The summed E-state index contributed by atoms with van der Waals surface area (Å²) in [5.74, 6) is 0.761. The summed E-state index contributed by atoms with van der Waals surface area (Å²) in [4.78, 5) is 0. The molecule has 0 aliphatic rings. The maximum Gasteiger partial charge on any atom is 0.143 e. The first-order valence-electron chi connectivity index (χ1n) is 4.61. The van der Waals surface area contributed by atoms with Gasteiger partial charge in [-0.1, -0.05) is 23.7 Å². The molecule has 0 aliphatic carbocycles. The van der Waals surface area contributed by atoms with Crippen molar-refractivity contribution < 1.29 is 9.84 Å². The van der Waals surface area contributed by atoms with Gasteiger partial charge in [0.05, 0.1) is 19.2 Å². The maximum absolute atomic E-state index is 9.25. The van der Waals surface area contributed by atoms with Crippen molar-refractivity contribution in [2.45, 2.75) is 6.61 Å². The Morgan fingerprint density at radius 2 is 2.20 bits per heavy atom. The number of aliphatic hydroxyl groups excluding tert-OH is 1. The Morgan fingerprint density at radius 3 is 2.80 bits per heavy atom. The Balaban J connectivity index is 2.89. The van der Waals surface area contributed by atoms with Crippen LogP contribution in [0.15, 0.2) is 18.2 Å². The van der Waals surface area contributed by atoms with Crippen LogP contribution in [0, 0.1) is 0 Å². The summed E-state index contributed by atoms with van der Waals surface area (Å²) in [6.45, 7) is -0.0661. The van der Waals surface area contributed by atoms with E-state index in [1.165, 1.54) is 0 Å². The van der Waals surface area contributed by atoms with Gasteiger partial charge in [-0.05, 0) is 6.07 Å². The highest BCUT2D eigenvalue weighted by atomic mass is 35.5. The zero-order valence-electron chi connectivity index (χ0n) is 8.62. The van der Waals surface area contributed by atoms with Crippen LogP contribution in [0.25, 0.3) is 10.9 Å². The fourth-order valence-corrected chi connectivity index (χ4v) is 2.08. The average molecular weight is 226 g/mol. The first-order valence-corrected chi connectivity index (χ1v) is 4.99. The summed E-state index contributed by atoms with van der Waals surface area (Å²) in [6.07, 6.45) is 0. The number of benzene rings is 1. The molecule has 1 N–H and O–H groups in total. The minimum Gasteiger partial charge on any atom is -0.495 e. The number of rotatable bonds is 2. The third-order valence-electron chi connectivity index (χ3n) is 2.58. The molecule has 4 heteroatoms. The molecule has 0 atom stereocenters. The van der Waals surface area contributed by atoms with E-state index in [1.807, 2.05) is 29.8 Å². The molecule has 0 radical (unpaired) electrons. The third kappa shape index (κ3) is 1.39. The minimum absolute atomic E-state index is 0.0661. The summed E-state index contributed by atoms with van der Waals surface area (Å²) in [6, 6.07) is 5.69. The highest BCUT2D eigenvalue weighted by Crippen LogP contribution is 2.34. The Labute approximate surface area is 92.8 Å².